The van der Waals surface area contributed by atoms with Gasteiger partial charge in [-0.25, -0.2) is 9.97 Å². The van der Waals surface area contributed by atoms with Gasteiger partial charge in [-0.15, -0.1) is 0 Å². The molecule has 0 saturated heterocycles. The zero-order valence-electron chi connectivity index (χ0n) is 15.3. The molecule has 0 aliphatic heterocycles. The average molecular weight is 359 g/mol. The van der Waals surface area contributed by atoms with Gasteiger partial charge in [0, 0.05) is 6.20 Å². The molecule has 2 aromatic carbocycles. The molecule has 0 amide bonds. The maximum absolute atomic E-state index is 5.98. The Kier molecular flexibility index (Phi) is 4.75. The Labute approximate surface area is 158 Å². The van der Waals surface area contributed by atoms with Gasteiger partial charge in [-0.2, -0.15) is 0 Å². The zero-order chi connectivity index (χ0) is 18.6. The number of hydrogen-bond acceptors (Lipinski definition) is 4. The van der Waals surface area contributed by atoms with Crippen molar-refractivity contribution in [1.82, 2.24) is 15.0 Å². The third-order valence-electron chi connectivity index (χ3n) is 4.07. The Balaban J connectivity index is 1.68. The van der Waals surface area contributed by atoms with Gasteiger partial charge in [-0.3, -0.25) is 0 Å². The fourth-order valence-electron chi connectivity index (χ4n) is 2.85. The Morgan fingerprint density at radius 1 is 1.00 bits per heavy atom. The fourth-order valence-corrected chi connectivity index (χ4v) is 2.85. The van der Waals surface area contributed by atoms with Crippen LogP contribution in [0.3, 0.4) is 0 Å². The number of benzene rings is 2. The summed E-state index contributed by atoms with van der Waals surface area (Å²) in [7, 11) is 0. The number of pyridine rings is 1. The number of aromatic nitrogens is 3. The monoisotopic (exact) mass is 359 g/mol. The third-order valence-corrected chi connectivity index (χ3v) is 4.07. The van der Waals surface area contributed by atoms with E-state index in [4.69, 9.17) is 9.47 Å². The first kappa shape index (κ1) is 17.1. The molecule has 5 nitrogen and oxygen atoms in total. The van der Waals surface area contributed by atoms with Crippen molar-refractivity contribution in [2.75, 3.05) is 0 Å². The summed E-state index contributed by atoms with van der Waals surface area (Å²) < 4.78 is 12.0. The maximum atomic E-state index is 5.98. The van der Waals surface area contributed by atoms with Crippen LogP contribution >= 0.6 is 0 Å². The highest BCUT2D eigenvalue weighted by molar-refractivity contribution is 5.78. The molecule has 0 unspecified atom stereocenters. The van der Waals surface area contributed by atoms with Crippen LogP contribution in [0, 0.1) is 0 Å². The van der Waals surface area contributed by atoms with Gasteiger partial charge in [0.2, 0.25) is 0 Å². The molecule has 2 aromatic heterocycles. The van der Waals surface area contributed by atoms with Gasteiger partial charge >= 0.3 is 0 Å². The van der Waals surface area contributed by atoms with Crippen molar-refractivity contribution in [3.05, 3.63) is 72.4 Å². The Morgan fingerprint density at radius 3 is 2.63 bits per heavy atom. The number of fused-ring (bicyclic) bond motifs is 1. The molecule has 0 bridgehead atoms. The predicted octanol–water partition coefficient (Wildman–Crippen LogP) is 4.99. The second kappa shape index (κ2) is 7.50. The van der Waals surface area contributed by atoms with E-state index < -0.39 is 0 Å². The lowest BCUT2D eigenvalue weighted by Gasteiger charge is -2.15. The van der Waals surface area contributed by atoms with Crippen molar-refractivity contribution in [2.45, 2.75) is 26.6 Å². The molecule has 0 radical (unpaired) electrons. The molecule has 1 N–H and O–H groups in total. The minimum atomic E-state index is 0.0577. The van der Waals surface area contributed by atoms with Gasteiger partial charge in [0.15, 0.2) is 5.65 Å². The van der Waals surface area contributed by atoms with Crippen LogP contribution < -0.4 is 9.47 Å². The molecule has 27 heavy (non-hydrogen) atoms. The number of aromatic amines is 1. The lowest BCUT2D eigenvalue weighted by Crippen LogP contribution is -2.07. The Morgan fingerprint density at radius 2 is 1.85 bits per heavy atom. The number of imidazole rings is 1. The molecule has 0 aliphatic rings. The first-order valence-corrected chi connectivity index (χ1v) is 8.97. The summed E-state index contributed by atoms with van der Waals surface area (Å²) in [6.45, 7) is 4.51. The molecule has 2 heterocycles. The highest BCUT2D eigenvalue weighted by Gasteiger charge is 2.14. The topological polar surface area (TPSA) is 60.0 Å². The molecule has 0 spiro atoms. The predicted molar refractivity (Wildman–Crippen MR) is 106 cm³/mol. The van der Waals surface area contributed by atoms with Gasteiger partial charge in [0.25, 0.3) is 0 Å². The molecule has 136 valence electrons. The summed E-state index contributed by atoms with van der Waals surface area (Å²) in [4.78, 5) is 12.2. The summed E-state index contributed by atoms with van der Waals surface area (Å²) in [5, 5.41) is 0. The molecule has 0 saturated carbocycles. The molecule has 4 rings (SSSR count). The van der Waals surface area contributed by atoms with E-state index in [1.54, 1.807) is 6.20 Å². The quantitative estimate of drug-likeness (QED) is 0.527. The second-order valence-corrected chi connectivity index (χ2v) is 6.56. The molecule has 4 aromatic rings. The highest BCUT2D eigenvalue weighted by atomic mass is 16.5. The van der Waals surface area contributed by atoms with Crippen molar-refractivity contribution in [3.63, 3.8) is 0 Å². The van der Waals surface area contributed by atoms with E-state index in [9.17, 15) is 0 Å². The molecule has 5 heteroatoms. The van der Waals surface area contributed by atoms with E-state index in [1.165, 1.54) is 0 Å². The van der Waals surface area contributed by atoms with Crippen molar-refractivity contribution in [2.24, 2.45) is 0 Å². The fraction of sp³-hybridized carbons (Fsp3) is 0.182. The summed E-state index contributed by atoms with van der Waals surface area (Å²) in [6.07, 6.45) is 1.79. The van der Waals surface area contributed by atoms with Crippen molar-refractivity contribution >= 4 is 11.2 Å². The second-order valence-electron chi connectivity index (χ2n) is 6.56. The first-order valence-electron chi connectivity index (χ1n) is 8.97. The molecule has 0 atom stereocenters. The Hall–Kier alpha value is -3.34. The van der Waals surface area contributed by atoms with Crippen LogP contribution in [0.2, 0.25) is 0 Å². The maximum Gasteiger partial charge on any atom is 0.178 e. The molecular weight excluding hydrogens is 338 g/mol. The summed E-state index contributed by atoms with van der Waals surface area (Å²) in [6, 6.07) is 19.7. The van der Waals surface area contributed by atoms with E-state index in [2.05, 4.69) is 15.0 Å². The smallest absolute Gasteiger partial charge is 0.178 e. The van der Waals surface area contributed by atoms with Gasteiger partial charge in [0.05, 0.1) is 17.2 Å². The largest absolute Gasteiger partial charge is 0.490 e. The van der Waals surface area contributed by atoms with Crippen LogP contribution in [0.1, 0.15) is 19.4 Å². The van der Waals surface area contributed by atoms with E-state index in [0.717, 1.165) is 28.1 Å². The highest BCUT2D eigenvalue weighted by Crippen LogP contribution is 2.33. The molecular formula is C22H21N3O2. The van der Waals surface area contributed by atoms with Crippen LogP contribution in [-0.2, 0) is 6.61 Å². The van der Waals surface area contributed by atoms with Crippen LogP contribution in [0.25, 0.3) is 22.6 Å². The van der Waals surface area contributed by atoms with Gasteiger partial charge in [0.1, 0.15) is 23.9 Å². The zero-order valence-corrected chi connectivity index (χ0v) is 15.3. The van der Waals surface area contributed by atoms with Crippen LogP contribution in [0.4, 0.5) is 0 Å². The number of rotatable bonds is 6. The molecule has 0 aliphatic carbocycles. The van der Waals surface area contributed by atoms with Gasteiger partial charge < -0.3 is 14.5 Å². The summed E-state index contributed by atoms with van der Waals surface area (Å²) >= 11 is 0. The average Bonchev–Trinajstić information content (AvgIpc) is 3.11. The SMILES string of the molecule is CC(C)Oc1ccc(OCc2ccccc2)cc1-c1nc2ncccc2[nH]1. The van der Waals surface area contributed by atoms with Crippen molar-refractivity contribution in [1.29, 1.82) is 0 Å². The van der Waals surface area contributed by atoms with Crippen LogP contribution in [-0.4, -0.2) is 21.1 Å². The van der Waals surface area contributed by atoms with Gasteiger partial charge in [-0.05, 0) is 49.7 Å². The first-order chi connectivity index (χ1) is 13.2. The normalized spacial score (nSPS) is 11.1. The lowest BCUT2D eigenvalue weighted by molar-refractivity contribution is 0.242. The van der Waals surface area contributed by atoms with E-state index in [0.29, 0.717) is 18.1 Å². The van der Waals surface area contributed by atoms with Crippen molar-refractivity contribution in [3.8, 4) is 22.9 Å². The number of ether oxygens (including phenoxy) is 2. The third kappa shape index (κ3) is 3.92. The summed E-state index contributed by atoms with van der Waals surface area (Å²) in [5.74, 6) is 2.24. The van der Waals surface area contributed by atoms with E-state index in [-0.39, 0.29) is 6.10 Å². The lowest BCUT2D eigenvalue weighted by atomic mass is 10.1. The minimum Gasteiger partial charge on any atom is -0.490 e. The summed E-state index contributed by atoms with van der Waals surface area (Å²) in [5.41, 5.74) is 3.54. The van der Waals surface area contributed by atoms with Crippen LogP contribution in [0.15, 0.2) is 66.9 Å². The van der Waals surface area contributed by atoms with Crippen LogP contribution in [0.5, 0.6) is 11.5 Å². The number of nitrogens with one attached hydrogen (secondary N) is 1. The number of nitrogens with zero attached hydrogens (tertiary/aromatic N) is 2. The number of hydrogen-bond donors (Lipinski definition) is 1. The Bertz CT molecular complexity index is 1010. The molecule has 0 fully saturated rings. The van der Waals surface area contributed by atoms with E-state index >= 15 is 0 Å². The van der Waals surface area contributed by atoms with Gasteiger partial charge in [-0.1, -0.05) is 30.3 Å². The van der Waals surface area contributed by atoms with E-state index in [1.807, 2.05) is 74.5 Å². The standard InChI is InChI=1S/C22H21N3O2/c1-15(2)27-20-11-10-17(26-14-16-7-4-3-5-8-16)13-18(20)21-24-19-9-6-12-23-22(19)25-21/h3-13,15H,14H2,1-2H3,(H,23,24,25). The van der Waals surface area contributed by atoms with Crippen molar-refractivity contribution < 1.29 is 9.47 Å². The number of H-pyrrole nitrogens is 1. The minimum absolute atomic E-state index is 0.0577.